The Morgan fingerprint density at radius 3 is 2.49 bits per heavy atom. The van der Waals surface area contributed by atoms with E-state index in [1.165, 1.54) is 31.9 Å². The quantitative estimate of drug-likeness (QED) is 0.206. The summed E-state index contributed by atoms with van der Waals surface area (Å²) in [5.74, 6) is 1.22. The monoisotopic (exact) mass is 484 g/mol. The van der Waals surface area contributed by atoms with Crippen molar-refractivity contribution in [3.63, 3.8) is 0 Å². The van der Waals surface area contributed by atoms with Gasteiger partial charge < -0.3 is 9.84 Å². The van der Waals surface area contributed by atoms with Gasteiger partial charge >= 0.3 is 11.9 Å². The van der Waals surface area contributed by atoms with Crippen molar-refractivity contribution < 1.29 is 19.4 Å². The first kappa shape index (κ1) is 27.7. The minimum Gasteiger partial charge on any atom is -0.478 e. The van der Waals surface area contributed by atoms with Crippen LogP contribution in [0, 0.1) is 39.9 Å². The van der Waals surface area contributed by atoms with Crippen LogP contribution >= 0.6 is 0 Å². The van der Waals surface area contributed by atoms with Crippen LogP contribution in [0.25, 0.3) is 0 Å². The van der Waals surface area contributed by atoms with Crippen LogP contribution in [-0.4, -0.2) is 24.2 Å². The van der Waals surface area contributed by atoms with Crippen LogP contribution < -0.4 is 0 Å². The zero-order valence-corrected chi connectivity index (χ0v) is 23.2. The Hall–Kier alpha value is -1.84. The van der Waals surface area contributed by atoms with Gasteiger partial charge in [0.15, 0.2) is 0 Å². The summed E-state index contributed by atoms with van der Waals surface area (Å²) in [6, 6.07) is 0. The first-order chi connectivity index (χ1) is 16.3. The Morgan fingerprint density at radius 1 is 1.20 bits per heavy atom. The van der Waals surface area contributed by atoms with Crippen LogP contribution in [0.15, 0.2) is 35.5 Å². The molecule has 3 aliphatic carbocycles. The van der Waals surface area contributed by atoms with Gasteiger partial charge in [-0.1, -0.05) is 57.6 Å². The van der Waals surface area contributed by atoms with E-state index in [1.807, 2.05) is 6.08 Å². The van der Waals surface area contributed by atoms with Gasteiger partial charge in [0, 0.05) is 12.0 Å². The van der Waals surface area contributed by atoms with Gasteiger partial charge in [0.25, 0.3) is 0 Å². The second kappa shape index (κ2) is 10.3. The molecule has 3 aliphatic rings. The normalized spacial score (nSPS) is 37.6. The molecule has 0 amide bonds. The Labute approximate surface area is 213 Å². The molecule has 2 saturated carbocycles. The van der Waals surface area contributed by atoms with E-state index in [9.17, 15) is 14.7 Å². The number of hydrogen-bond acceptors (Lipinski definition) is 3. The lowest BCUT2D eigenvalue weighted by Crippen LogP contribution is -2.52. The van der Waals surface area contributed by atoms with Crippen molar-refractivity contribution in [3.8, 4) is 0 Å². The summed E-state index contributed by atoms with van der Waals surface area (Å²) < 4.78 is 5.01. The minimum absolute atomic E-state index is 0.0455. The average Bonchev–Trinajstić information content (AvgIpc) is 3.08. The highest BCUT2D eigenvalue weighted by molar-refractivity contribution is 5.85. The van der Waals surface area contributed by atoms with Crippen molar-refractivity contribution in [1.29, 1.82) is 0 Å². The zero-order valence-electron chi connectivity index (χ0n) is 23.2. The lowest BCUT2D eigenvalue weighted by Gasteiger charge is -2.60. The lowest BCUT2D eigenvalue weighted by atomic mass is 9.44. The second-order valence-electron chi connectivity index (χ2n) is 12.6. The molecule has 4 heteroatoms. The topological polar surface area (TPSA) is 63.6 Å². The molecule has 0 aromatic carbocycles. The Bertz CT molecular complexity index is 913. The van der Waals surface area contributed by atoms with Gasteiger partial charge in [0.2, 0.25) is 0 Å². The highest BCUT2D eigenvalue weighted by Crippen LogP contribution is 2.71. The Morgan fingerprint density at radius 2 is 1.89 bits per heavy atom. The number of aliphatic carboxylic acids is 1. The third-order valence-electron chi connectivity index (χ3n) is 10.9. The molecule has 2 fully saturated rings. The molecule has 0 aromatic heterocycles. The molecule has 0 radical (unpaired) electrons. The summed E-state index contributed by atoms with van der Waals surface area (Å²) >= 11 is 0. The van der Waals surface area contributed by atoms with Gasteiger partial charge in [-0.3, -0.25) is 4.79 Å². The number of fused-ring (bicyclic) bond motifs is 3. The van der Waals surface area contributed by atoms with E-state index in [0.717, 1.165) is 32.1 Å². The summed E-state index contributed by atoms with van der Waals surface area (Å²) in [5.41, 5.74) is 3.70. The lowest BCUT2D eigenvalue weighted by molar-refractivity contribution is -0.141. The molecule has 7 atom stereocenters. The van der Waals surface area contributed by atoms with Gasteiger partial charge in [-0.2, -0.15) is 0 Å². The van der Waals surface area contributed by atoms with Crippen molar-refractivity contribution in [1.82, 2.24) is 0 Å². The van der Waals surface area contributed by atoms with Crippen LogP contribution in [0.5, 0.6) is 0 Å². The Kier molecular flexibility index (Phi) is 8.13. The number of esters is 1. The molecule has 1 N–H and O–H groups in total. The minimum atomic E-state index is -0.816. The summed E-state index contributed by atoms with van der Waals surface area (Å²) in [4.78, 5) is 23.3. The number of rotatable bonds is 9. The molecule has 3 rings (SSSR count). The highest BCUT2D eigenvalue weighted by atomic mass is 16.5. The molecule has 0 saturated heterocycles. The molecule has 0 heterocycles. The third-order valence-corrected chi connectivity index (χ3v) is 10.9. The van der Waals surface area contributed by atoms with Crippen LogP contribution in [0.2, 0.25) is 0 Å². The fourth-order valence-corrected chi connectivity index (χ4v) is 8.54. The average molecular weight is 485 g/mol. The van der Waals surface area contributed by atoms with Gasteiger partial charge in [0.05, 0.1) is 7.11 Å². The number of carbonyl (C=O) groups excluding carboxylic acids is 1. The largest absolute Gasteiger partial charge is 0.478 e. The van der Waals surface area contributed by atoms with Crippen LogP contribution in [-0.2, 0) is 14.3 Å². The summed E-state index contributed by atoms with van der Waals surface area (Å²) in [7, 11) is 1.48. The molecule has 196 valence electrons. The van der Waals surface area contributed by atoms with E-state index in [2.05, 4.69) is 47.3 Å². The van der Waals surface area contributed by atoms with Crippen molar-refractivity contribution >= 4 is 11.9 Å². The summed E-state index contributed by atoms with van der Waals surface area (Å²) in [6.07, 6.45) is 13.5. The fourth-order valence-electron chi connectivity index (χ4n) is 8.54. The number of carbonyl (C=O) groups is 2. The van der Waals surface area contributed by atoms with Gasteiger partial charge in [-0.05, 0) is 105 Å². The van der Waals surface area contributed by atoms with Crippen LogP contribution in [0.3, 0.4) is 0 Å². The van der Waals surface area contributed by atoms with Crippen molar-refractivity contribution in [2.24, 2.45) is 39.9 Å². The van der Waals surface area contributed by atoms with Crippen LogP contribution in [0.1, 0.15) is 99.3 Å². The van der Waals surface area contributed by atoms with Gasteiger partial charge in [0.1, 0.15) is 0 Å². The van der Waals surface area contributed by atoms with Crippen molar-refractivity contribution in [3.05, 3.63) is 35.5 Å². The number of ether oxygens (including phenoxy) is 1. The van der Waals surface area contributed by atoms with Gasteiger partial charge in [-0.15, -0.1) is 0 Å². The maximum Gasteiger partial charge on any atom is 0.330 e. The number of carboxylic acids is 1. The smallest absolute Gasteiger partial charge is 0.330 e. The summed E-state index contributed by atoms with van der Waals surface area (Å²) in [6.45, 7) is 18.0. The maximum atomic E-state index is 12.1. The molecule has 0 aromatic rings. The molecular weight excluding hydrogens is 436 g/mol. The van der Waals surface area contributed by atoms with E-state index in [0.29, 0.717) is 35.7 Å². The molecule has 0 bridgehead atoms. The third kappa shape index (κ3) is 4.79. The summed E-state index contributed by atoms with van der Waals surface area (Å²) in [5, 5.41) is 9.17. The van der Waals surface area contributed by atoms with Crippen molar-refractivity contribution in [2.75, 3.05) is 7.11 Å². The number of carboxylic acid groups (broad SMARTS) is 1. The van der Waals surface area contributed by atoms with E-state index in [4.69, 9.17) is 4.74 Å². The maximum absolute atomic E-state index is 12.1. The fraction of sp³-hybridized carbons (Fsp3) is 0.742. The molecule has 4 nitrogen and oxygen atoms in total. The van der Waals surface area contributed by atoms with E-state index >= 15 is 0 Å². The predicted octanol–water partition coefficient (Wildman–Crippen LogP) is 7.75. The van der Waals surface area contributed by atoms with E-state index in [1.54, 1.807) is 12.5 Å². The highest BCUT2D eigenvalue weighted by Gasteiger charge is 2.63. The molecule has 0 spiro atoms. The molecule has 0 aliphatic heterocycles. The molecular formula is C31H48O4. The van der Waals surface area contributed by atoms with E-state index in [-0.39, 0.29) is 22.2 Å². The number of methoxy groups -OCH3 is 1. The number of hydrogen-bond donors (Lipinski definition) is 1. The SMILES string of the molecule is C=C(C)C1CCC2C(=CCC3(C)C(C(C)CCC=C(C)C(=O)O)CCC23C)C1(C)CCC(=O)OC. The predicted molar refractivity (Wildman–Crippen MR) is 142 cm³/mol. The standard InChI is InChI=1S/C31H48O4/c1-20(2)23-12-13-26-25(29(23,5)17-16-27(32)35-8)15-19-30(6)24(14-18-31(26,30)7)21(3)10-9-11-22(4)28(33)34/h11,15,21,23-24,26H,1,9-10,12-14,16-19H2,2-8H3,(H,33,34). The zero-order chi connectivity index (χ0) is 26.2. The van der Waals surface area contributed by atoms with Crippen LogP contribution in [0.4, 0.5) is 0 Å². The first-order valence-corrected chi connectivity index (χ1v) is 13.6. The first-order valence-electron chi connectivity index (χ1n) is 13.6. The van der Waals surface area contributed by atoms with Gasteiger partial charge in [-0.25, -0.2) is 4.79 Å². The Balaban J connectivity index is 1.88. The van der Waals surface area contributed by atoms with Crippen molar-refractivity contribution in [2.45, 2.75) is 99.3 Å². The number of allylic oxidation sites excluding steroid dienone is 4. The molecule has 7 unspecified atom stereocenters. The van der Waals surface area contributed by atoms with E-state index < -0.39 is 5.97 Å². The second-order valence-corrected chi connectivity index (χ2v) is 12.6. The molecule has 35 heavy (non-hydrogen) atoms.